The van der Waals surface area contributed by atoms with E-state index in [0.29, 0.717) is 12.2 Å². The zero-order valence-electron chi connectivity index (χ0n) is 14.6. The Kier molecular flexibility index (Phi) is 6.73. The first-order valence-electron chi connectivity index (χ1n) is 8.00. The first kappa shape index (κ1) is 19.9. The number of hydrogen-bond acceptors (Lipinski definition) is 5. The second kappa shape index (κ2) is 8.79. The van der Waals surface area contributed by atoms with Crippen LogP contribution >= 0.6 is 0 Å². The summed E-state index contributed by atoms with van der Waals surface area (Å²) in [5.41, 5.74) is 1.23. The number of nitrogens with one attached hydrogen (secondary N) is 2. The van der Waals surface area contributed by atoms with Crippen LogP contribution in [-0.4, -0.2) is 39.3 Å². The van der Waals surface area contributed by atoms with Gasteiger partial charge < -0.3 is 15.2 Å². The molecule has 1 unspecified atom stereocenters. The van der Waals surface area contributed by atoms with Gasteiger partial charge in [0.15, 0.2) is 0 Å². The Hall–Kier alpha value is -2.42. The molecule has 26 heavy (non-hydrogen) atoms. The van der Waals surface area contributed by atoms with Crippen LogP contribution in [0, 0.1) is 0 Å². The van der Waals surface area contributed by atoms with E-state index < -0.39 is 22.0 Å². The molecule has 2 rings (SSSR count). The minimum Gasteiger partial charge on any atom is -0.478 e. The number of sulfonamides is 1. The summed E-state index contributed by atoms with van der Waals surface area (Å²) in [4.78, 5) is 11.5. The molecule has 0 radical (unpaired) electrons. The van der Waals surface area contributed by atoms with Crippen molar-refractivity contribution in [2.45, 2.75) is 24.4 Å². The van der Waals surface area contributed by atoms with Gasteiger partial charge in [0.2, 0.25) is 10.0 Å². The van der Waals surface area contributed by atoms with Crippen LogP contribution in [0.1, 0.15) is 22.8 Å². The van der Waals surface area contributed by atoms with Crippen LogP contribution in [0.2, 0.25) is 0 Å². The molecule has 0 amide bonds. The molecule has 0 spiro atoms. The maximum absolute atomic E-state index is 12.4. The minimum atomic E-state index is -3.84. The van der Waals surface area contributed by atoms with Gasteiger partial charge in [-0.1, -0.05) is 30.3 Å². The number of carbonyl (C=O) groups is 1. The van der Waals surface area contributed by atoms with Gasteiger partial charge in [-0.2, -0.15) is 0 Å². The molecular formula is C18H22N2O5S. The van der Waals surface area contributed by atoms with E-state index in [1.807, 2.05) is 30.3 Å². The quantitative estimate of drug-likeness (QED) is 0.618. The molecule has 7 nitrogen and oxygen atoms in total. The molecule has 1 atom stereocenters. The van der Waals surface area contributed by atoms with E-state index in [0.717, 1.165) is 11.6 Å². The summed E-state index contributed by atoms with van der Waals surface area (Å²) in [6.07, 6.45) is 0. The lowest BCUT2D eigenvalue weighted by Crippen LogP contribution is -2.35. The lowest BCUT2D eigenvalue weighted by molar-refractivity contribution is 0.0697. The van der Waals surface area contributed by atoms with E-state index in [1.165, 1.54) is 19.2 Å². The average molecular weight is 378 g/mol. The number of anilines is 1. The summed E-state index contributed by atoms with van der Waals surface area (Å²) >= 11 is 0. The number of ether oxygens (including phenoxy) is 1. The molecule has 2 aromatic rings. The smallest absolute Gasteiger partial charge is 0.337 e. The van der Waals surface area contributed by atoms with Crippen LogP contribution in [0.4, 0.5) is 5.69 Å². The molecule has 0 aromatic heterocycles. The van der Waals surface area contributed by atoms with Gasteiger partial charge in [-0.05, 0) is 30.7 Å². The number of methoxy groups -OCH3 is 1. The summed E-state index contributed by atoms with van der Waals surface area (Å²) < 4.78 is 32.2. The molecule has 2 aromatic carbocycles. The highest BCUT2D eigenvalue weighted by Gasteiger charge is 2.21. The topological polar surface area (TPSA) is 105 Å². The van der Waals surface area contributed by atoms with Crippen molar-refractivity contribution in [2.24, 2.45) is 0 Å². The zero-order chi connectivity index (χ0) is 19.2. The normalized spacial score (nSPS) is 12.5. The third-order valence-corrected chi connectivity index (χ3v) is 5.22. The van der Waals surface area contributed by atoms with Crippen molar-refractivity contribution in [2.75, 3.05) is 19.0 Å². The van der Waals surface area contributed by atoms with Crippen LogP contribution < -0.4 is 10.0 Å². The molecule has 0 aliphatic carbocycles. The fraction of sp³-hybridized carbons (Fsp3) is 0.278. The van der Waals surface area contributed by atoms with Crippen LogP contribution in [0.15, 0.2) is 53.4 Å². The number of benzene rings is 2. The summed E-state index contributed by atoms with van der Waals surface area (Å²) in [6, 6.07) is 13.0. The largest absolute Gasteiger partial charge is 0.478 e. The van der Waals surface area contributed by atoms with E-state index in [4.69, 9.17) is 4.74 Å². The van der Waals surface area contributed by atoms with Gasteiger partial charge >= 0.3 is 5.97 Å². The van der Waals surface area contributed by atoms with E-state index in [9.17, 15) is 18.3 Å². The van der Waals surface area contributed by atoms with Gasteiger partial charge in [-0.3, -0.25) is 0 Å². The van der Waals surface area contributed by atoms with Gasteiger partial charge in [0.25, 0.3) is 0 Å². The highest BCUT2D eigenvalue weighted by Crippen LogP contribution is 2.21. The van der Waals surface area contributed by atoms with Crippen LogP contribution in [0.25, 0.3) is 0 Å². The second-order valence-electron chi connectivity index (χ2n) is 5.83. The lowest BCUT2D eigenvalue weighted by Gasteiger charge is -2.15. The fourth-order valence-electron chi connectivity index (χ4n) is 2.43. The summed E-state index contributed by atoms with van der Waals surface area (Å²) in [5, 5.41) is 12.5. The molecular weight excluding hydrogens is 356 g/mol. The summed E-state index contributed by atoms with van der Waals surface area (Å²) in [7, 11) is -2.37. The van der Waals surface area contributed by atoms with E-state index in [2.05, 4.69) is 10.0 Å². The maximum atomic E-state index is 12.4. The molecule has 8 heteroatoms. The van der Waals surface area contributed by atoms with Crippen molar-refractivity contribution in [3.05, 3.63) is 59.7 Å². The molecule has 0 heterocycles. The standard InChI is InChI=1S/C18H22N2O5S/c1-13(12-25-2)20-26(23,24)15-8-9-17(16(10-15)18(21)22)19-11-14-6-4-3-5-7-14/h3-10,13,19-20H,11-12H2,1-2H3,(H,21,22). The maximum Gasteiger partial charge on any atom is 0.337 e. The number of carboxylic acid groups (broad SMARTS) is 1. The minimum absolute atomic E-state index is 0.108. The Balaban J connectivity index is 2.24. The van der Waals surface area contributed by atoms with Gasteiger partial charge in [-0.25, -0.2) is 17.9 Å². The van der Waals surface area contributed by atoms with Gasteiger partial charge in [0, 0.05) is 25.4 Å². The Morgan fingerprint density at radius 1 is 1.19 bits per heavy atom. The zero-order valence-corrected chi connectivity index (χ0v) is 15.4. The molecule has 0 aliphatic heterocycles. The fourth-order valence-corrected chi connectivity index (χ4v) is 3.69. The Labute approximate surface area is 153 Å². The Bertz CT molecular complexity index is 853. The molecule has 0 fully saturated rings. The van der Waals surface area contributed by atoms with Crippen molar-refractivity contribution in [3.8, 4) is 0 Å². The molecule has 0 aliphatic rings. The third-order valence-electron chi connectivity index (χ3n) is 3.63. The van der Waals surface area contributed by atoms with Crippen molar-refractivity contribution >= 4 is 21.7 Å². The van der Waals surface area contributed by atoms with Gasteiger partial charge in [0.05, 0.1) is 17.1 Å². The first-order valence-corrected chi connectivity index (χ1v) is 9.48. The van der Waals surface area contributed by atoms with Crippen LogP contribution in [-0.2, 0) is 21.3 Å². The van der Waals surface area contributed by atoms with Crippen LogP contribution in [0.5, 0.6) is 0 Å². The van der Waals surface area contributed by atoms with Crippen LogP contribution in [0.3, 0.4) is 0 Å². The summed E-state index contributed by atoms with van der Waals surface area (Å²) in [5.74, 6) is -1.21. The predicted molar refractivity (Wildman–Crippen MR) is 98.8 cm³/mol. The summed E-state index contributed by atoms with van der Waals surface area (Å²) in [6.45, 7) is 2.30. The number of rotatable bonds is 9. The van der Waals surface area contributed by atoms with E-state index in [1.54, 1.807) is 6.92 Å². The Morgan fingerprint density at radius 2 is 1.88 bits per heavy atom. The van der Waals surface area contributed by atoms with Crippen molar-refractivity contribution in [1.29, 1.82) is 0 Å². The average Bonchev–Trinajstić information content (AvgIpc) is 2.60. The number of hydrogen-bond donors (Lipinski definition) is 3. The van der Waals surface area contributed by atoms with E-state index >= 15 is 0 Å². The highest BCUT2D eigenvalue weighted by molar-refractivity contribution is 7.89. The SMILES string of the molecule is COCC(C)NS(=O)(=O)c1ccc(NCc2ccccc2)c(C(=O)O)c1. The van der Waals surface area contributed by atoms with Crippen molar-refractivity contribution < 1.29 is 23.1 Å². The van der Waals surface area contributed by atoms with Crippen molar-refractivity contribution in [1.82, 2.24) is 4.72 Å². The van der Waals surface area contributed by atoms with Crippen molar-refractivity contribution in [3.63, 3.8) is 0 Å². The third kappa shape index (κ3) is 5.29. The molecule has 0 saturated heterocycles. The Morgan fingerprint density at radius 3 is 2.50 bits per heavy atom. The molecule has 0 bridgehead atoms. The molecule has 140 valence electrons. The van der Waals surface area contributed by atoms with Gasteiger partial charge in [-0.15, -0.1) is 0 Å². The first-order chi connectivity index (χ1) is 12.3. The number of carboxylic acids is 1. The number of aromatic carboxylic acids is 1. The highest BCUT2D eigenvalue weighted by atomic mass is 32.2. The van der Waals surface area contributed by atoms with Gasteiger partial charge in [0.1, 0.15) is 0 Å². The lowest BCUT2D eigenvalue weighted by atomic mass is 10.1. The molecule has 3 N–H and O–H groups in total. The second-order valence-corrected chi connectivity index (χ2v) is 7.54. The van der Waals surface area contributed by atoms with E-state index in [-0.39, 0.29) is 17.1 Å². The predicted octanol–water partition coefficient (Wildman–Crippen LogP) is 2.31. The monoisotopic (exact) mass is 378 g/mol. The molecule has 0 saturated carbocycles.